The zero-order chi connectivity index (χ0) is 8.32. The van der Waals surface area contributed by atoms with Crippen molar-refractivity contribution in [3.8, 4) is 0 Å². The van der Waals surface area contributed by atoms with Gasteiger partial charge in [0.15, 0.2) is 5.12 Å². The molecule has 1 aliphatic carbocycles. The third-order valence-corrected chi connectivity index (χ3v) is 2.42. The van der Waals surface area contributed by atoms with E-state index in [1.807, 2.05) is 0 Å². The average molecular weight is 174 g/mol. The molecule has 0 unspecified atom stereocenters. The Bertz CT molecular complexity index is 150. The molecule has 0 aliphatic heterocycles. The highest BCUT2D eigenvalue weighted by atomic mass is 32.1. The van der Waals surface area contributed by atoms with Crippen molar-refractivity contribution in [1.29, 1.82) is 0 Å². The second-order valence-corrected chi connectivity index (χ2v) is 3.85. The Kier molecular flexibility index (Phi) is 2.96. The molecular weight excluding hydrogens is 160 g/mol. The molecule has 11 heavy (non-hydrogen) atoms. The largest absolute Gasteiger partial charge is 0.389 e. The molecule has 2 nitrogen and oxygen atoms in total. The molecule has 0 bridgehead atoms. The molecule has 0 aromatic carbocycles. The van der Waals surface area contributed by atoms with Crippen LogP contribution < -0.4 is 0 Å². The molecule has 0 saturated heterocycles. The van der Waals surface area contributed by atoms with Gasteiger partial charge in [0.2, 0.25) is 0 Å². The minimum absolute atomic E-state index is 0.200. The summed E-state index contributed by atoms with van der Waals surface area (Å²) in [5.74, 6) is 0. The second kappa shape index (κ2) is 3.59. The Morgan fingerprint density at radius 1 is 1.36 bits per heavy atom. The minimum Gasteiger partial charge on any atom is -0.389 e. The molecule has 1 N–H and O–H groups in total. The van der Waals surface area contributed by atoms with Gasteiger partial charge in [0, 0.05) is 6.42 Å². The van der Waals surface area contributed by atoms with Crippen molar-refractivity contribution in [2.45, 2.75) is 44.1 Å². The van der Waals surface area contributed by atoms with Crippen LogP contribution in [0.15, 0.2) is 0 Å². The van der Waals surface area contributed by atoms with Crippen LogP contribution in [-0.4, -0.2) is 15.8 Å². The summed E-state index contributed by atoms with van der Waals surface area (Å²) in [6.07, 6.45) is 5.01. The Morgan fingerprint density at radius 2 is 1.91 bits per heavy atom. The molecule has 0 radical (unpaired) electrons. The fourth-order valence-electron chi connectivity index (χ4n) is 1.67. The lowest BCUT2D eigenvalue weighted by Crippen LogP contribution is -2.32. The first-order valence-electron chi connectivity index (χ1n) is 4.07. The highest BCUT2D eigenvalue weighted by Gasteiger charge is 2.30. The zero-order valence-corrected chi connectivity index (χ0v) is 7.44. The van der Waals surface area contributed by atoms with Crippen molar-refractivity contribution in [3.05, 3.63) is 0 Å². The molecule has 0 amide bonds. The van der Waals surface area contributed by atoms with Crippen molar-refractivity contribution in [2.24, 2.45) is 0 Å². The molecule has 1 saturated carbocycles. The molecular formula is C8H14O2S. The Hall–Kier alpha value is -0.0200. The molecule has 1 fully saturated rings. The van der Waals surface area contributed by atoms with Crippen molar-refractivity contribution in [3.63, 3.8) is 0 Å². The summed E-state index contributed by atoms with van der Waals surface area (Å²) in [5.41, 5.74) is -0.725. The lowest BCUT2D eigenvalue weighted by Gasteiger charge is -2.30. The first-order chi connectivity index (χ1) is 5.12. The first-order valence-corrected chi connectivity index (χ1v) is 4.51. The summed E-state index contributed by atoms with van der Waals surface area (Å²) >= 11 is 3.66. The van der Waals surface area contributed by atoms with E-state index in [2.05, 4.69) is 12.6 Å². The normalized spacial score (nSPS) is 23.1. The fraction of sp³-hybridized carbons (Fsp3) is 0.875. The quantitative estimate of drug-likeness (QED) is 0.623. The molecule has 0 aromatic rings. The van der Waals surface area contributed by atoms with E-state index in [-0.39, 0.29) is 11.5 Å². The van der Waals surface area contributed by atoms with Gasteiger partial charge in [0.1, 0.15) is 0 Å². The van der Waals surface area contributed by atoms with Crippen LogP contribution in [-0.2, 0) is 4.79 Å². The molecule has 1 aliphatic rings. The van der Waals surface area contributed by atoms with Crippen molar-refractivity contribution < 1.29 is 9.90 Å². The van der Waals surface area contributed by atoms with Crippen LogP contribution in [0.25, 0.3) is 0 Å². The second-order valence-electron chi connectivity index (χ2n) is 3.36. The summed E-state index contributed by atoms with van der Waals surface area (Å²) < 4.78 is 0. The standard InChI is InChI=1S/C8H14O2S/c9-7(11)6-8(10)4-2-1-3-5-8/h10H,1-6H2,(H,9,11). The van der Waals surface area contributed by atoms with Gasteiger partial charge < -0.3 is 5.11 Å². The topological polar surface area (TPSA) is 37.3 Å². The van der Waals surface area contributed by atoms with E-state index in [1.165, 1.54) is 6.42 Å². The highest BCUT2D eigenvalue weighted by molar-refractivity contribution is 7.96. The number of thiol groups is 1. The third kappa shape index (κ3) is 2.83. The maximum atomic E-state index is 10.6. The van der Waals surface area contributed by atoms with Gasteiger partial charge in [-0.2, -0.15) is 0 Å². The van der Waals surface area contributed by atoms with Gasteiger partial charge in [0.25, 0.3) is 0 Å². The molecule has 0 atom stereocenters. The predicted molar refractivity (Wildman–Crippen MR) is 46.6 cm³/mol. The molecule has 0 spiro atoms. The number of hydrogen-bond donors (Lipinski definition) is 2. The average Bonchev–Trinajstić information content (AvgIpc) is 1.85. The van der Waals surface area contributed by atoms with Gasteiger partial charge in [-0.3, -0.25) is 4.79 Å². The van der Waals surface area contributed by atoms with Gasteiger partial charge in [-0.1, -0.05) is 19.3 Å². The molecule has 1 rings (SSSR count). The van der Waals surface area contributed by atoms with Crippen molar-refractivity contribution in [1.82, 2.24) is 0 Å². The summed E-state index contributed by atoms with van der Waals surface area (Å²) in [6.45, 7) is 0. The van der Waals surface area contributed by atoms with Gasteiger partial charge in [-0.25, -0.2) is 0 Å². The highest BCUT2D eigenvalue weighted by Crippen LogP contribution is 2.31. The van der Waals surface area contributed by atoms with Crippen LogP contribution in [0.3, 0.4) is 0 Å². The van der Waals surface area contributed by atoms with Crippen LogP contribution in [0.5, 0.6) is 0 Å². The fourth-order valence-corrected chi connectivity index (χ4v) is 1.96. The van der Waals surface area contributed by atoms with E-state index in [1.54, 1.807) is 0 Å². The van der Waals surface area contributed by atoms with Crippen LogP contribution in [0, 0.1) is 0 Å². The lowest BCUT2D eigenvalue weighted by molar-refractivity contribution is -0.116. The van der Waals surface area contributed by atoms with Crippen LogP contribution >= 0.6 is 12.6 Å². The monoisotopic (exact) mass is 174 g/mol. The summed E-state index contributed by atoms with van der Waals surface area (Å²) in [4.78, 5) is 10.6. The van der Waals surface area contributed by atoms with E-state index in [0.717, 1.165) is 25.7 Å². The Balaban J connectivity index is 2.43. The molecule has 0 heterocycles. The maximum Gasteiger partial charge on any atom is 0.188 e. The van der Waals surface area contributed by atoms with Gasteiger partial charge >= 0.3 is 0 Å². The Labute approximate surface area is 72.4 Å². The minimum atomic E-state index is -0.725. The van der Waals surface area contributed by atoms with E-state index >= 15 is 0 Å². The number of carbonyl (C=O) groups excluding carboxylic acids is 1. The number of aliphatic hydroxyl groups is 1. The van der Waals surface area contributed by atoms with Gasteiger partial charge in [-0.05, 0) is 12.8 Å². The van der Waals surface area contributed by atoms with Crippen LogP contribution in [0.1, 0.15) is 38.5 Å². The molecule has 0 aromatic heterocycles. The lowest BCUT2D eigenvalue weighted by atomic mass is 9.83. The maximum absolute atomic E-state index is 10.6. The summed E-state index contributed by atoms with van der Waals surface area (Å²) in [6, 6.07) is 0. The van der Waals surface area contributed by atoms with Gasteiger partial charge in [0.05, 0.1) is 5.60 Å². The third-order valence-electron chi connectivity index (χ3n) is 2.26. The van der Waals surface area contributed by atoms with E-state index in [0.29, 0.717) is 0 Å². The number of carbonyl (C=O) groups is 1. The smallest absolute Gasteiger partial charge is 0.188 e. The zero-order valence-electron chi connectivity index (χ0n) is 6.55. The molecule has 64 valence electrons. The van der Waals surface area contributed by atoms with E-state index in [9.17, 15) is 9.90 Å². The predicted octanol–water partition coefficient (Wildman–Crippen LogP) is 1.53. The van der Waals surface area contributed by atoms with Crippen LogP contribution in [0.2, 0.25) is 0 Å². The summed E-state index contributed by atoms with van der Waals surface area (Å²) in [5, 5.41) is 9.57. The van der Waals surface area contributed by atoms with E-state index < -0.39 is 5.60 Å². The van der Waals surface area contributed by atoms with Gasteiger partial charge in [-0.15, -0.1) is 12.6 Å². The van der Waals surface area contributed by atoms with Crippen molar-refractivity contribution >= 4 is 17.7 Å². The summed E-state index contributed by atoms with van der Waals surface area (Å²) in [7, 11) is 0. The van der Waals surface area contributed by atoms with Crippen LogP contribution in [0.4, 0.5) is 0 Å². The molecule has 3 heteroatoms. The number of rotatable bonds is 2. The Morgan fingerprint density at radius 3 is 2.36 bits per heavy atom. The van der Waals surface area contributed by atoms with E-state index in [4.69, 9.17) is 0 Å². The SMILES string of the molecule is O=C(S)CC1(O)CCCCC1. The van der Waals surface area contributed by atoms with Crippen molar-refractivity contribution in [2.75, 3.05) is 0 Å². The number of hydrogen-bond acceptors (Lipinski definition) is 2. The first kappa shape index (κ1) is 9.07.